The van der Waals surface area contributed by atoms with Crippen LogP contribution in [0.2, 0.25) is 0 Å². The quantitative estimate of drug-likeness (QED) is 0.814. The van der Waals surface area contributed by atoms with Gasteiger partial charge in [-0.3, -0.25) is 9.69 Å². The molecule has 0 saturated heterocycles. The van der Waals surface area contributed by atoms with Gasteiger partial charge in [-0.05, 0) is 37.4 Å². The van der Waals surface area contributed by atoms with Gasteiger partial charge in [0, 0.05) is 23.5 Å². The van der Waals surface area contributed by atoms with Gasteiger partial charge < -0.3 is 5.11 Å². The van der Waals surface area contributed by atoms with E-state index in [9.17, 15) is 4.79 Å². The maximum atomic E-state index is 10.7. The van der Waals surface area contributed by atoms with Gasteiger partial charge in [-0.1, -0.05) is 47.0 Å². The molecule has 0 unspecified atom stereocenters. The van der Waals surface area contributed by atoms with Crippen LogP contribution < -0.4 is 0 Å². The van der Waals surface area contributed by atoms with Crippen LogP contribution in [0, 0.1) is 0 Å². The molecule has 0 bridgehead atoms. The number of rotatable bonds is 7. The second kappa shape index (κ2) is 7.79. The van der Waals surface area contributed by atoms with E-state index < -0.39 is 5.97 Å². The van der Waals surface area contributed by atoms with Crippen molar-refractivity contribution < 1.29 is 9.90 Å². The first-order valence-electron chi connectivity index (χ1n) is 7.36. The summed E-state index contributed by atoms with van der Waals surface area (Å²) in [5.74, 6) is -0.697. The third-order valence-corrected chi connectivity index (χ3v) is 4.78. The van der Waals surface area contributed by atoms with Crippen LogP contribution in [0.15, 0.2) is 28.7 Å². The first-order valence-corrected chi connectivity index (χ1v) is 8.15. The number of aliphatic carboxylic acids is 1. The number of carbonyl (C=O) groups is 1. The third kappa shape index (κ3) is 4.60. The number of hydrogen-bond donors (Lipinski definition) is 1. The molecule has 1 aliphatic carbocycles. The summed E-state index contributed by atoms with van der Waals surface area (Å²) in [4.78, 5) is 13.2. The molecule has 1 aliphatic rings. The van der Waals surface area contributed by atoms with Crippen molar-refractivity contribution >= 4 is 21.9 Å². The predicted octanol–water partition coefficient (Wildman–Crippen LogP) is 4.06. The van der Waals surface area contributed by atoms with Crippen molar-refractivity contribution in [3.8, 4) is 0 Å². The van der Waals surface area contributed by atoms with Crippen molar-refractivity contribution in [2.75, 3.05) is 6.54 Å². The highest BCUT2D eigenvalue weighted by atomic mass is 79.9. The lowest BCUT2D eigenvalue weighted by molar-refractivity contribution is -0.137. The molecule has 1 saturated carbocycles. The highest BCUT2D eigenvalue weighted by Gasteiger charge is 2.22. The van der Waals surface area contributed by atoms with E-state index in [2.05, 4.69) is 39.0 Å². The average Bonchev–Trinajstić information content (AvgIpc) is 2.93. The fourth-order valence-corrected chi connectivity index (χ4v) is 3.35. The molecule has 0 atom stereocenters. The summed E-state index contributed by atoms with van der Waals surface area (Å²) >= 11 is 3.60. The normalized spacial score (nSPS) is 15.9. The van der Waals surface area contributed by atoms with E-state index in [0.29, 0.717) is 6.04 Å². The van der Waals surface area contributed by atoms with Crippen molar-refractivity contribution in [3.05, 3.63) is 34.3 Å². The van der Waals surface area contributed by atoms with Crippen molar-refractivity contribution in [2.45, 2.75) is 51.1 Å². The number of halogens is 1. The van der Waals surface area contributed by atoms with Gasteiger partial charge in [0.15, 0.2) is 0 Å². The molecule has 0 aromatic heterocycles. The summed E-state index contributed by atoms with van der Waals surface area (Å²) in [6.07, 6.45) is 6.09. The van der Waals surface area contributed by atoms with Gasteiger partial charge in [0.1, 0.15) is 0 Å². The Morgan fingerprint density at radius 2 is 2.00 bits per heavy atom. The molecule has 0 heterocycles. The standard InChI is InChI=1S/C16H22BrNO2/c17-15-9-4-1-6-13(15)12-18(11-5-10-16(19)20)14-7-2-3-8-14/h1,4,6,9,14H,2-3,5,7-8,10-12H2,(H,19,20). The van der Waals surface area contributed by atoms with Gasteiger partial charge in [0.25, 0.3) is 0 Å². The molecule has 0 spiro atoms. The van der Waals surface area contributed by atoms with E-state index in [0.717, 1.165) is 24.0 Å². The van der Waals surface area contributed by atoms with Gasteiger partial charge in [-0.2, -0.15) is 0 Å². The minimum absolute atomic E-state index is 0.263. The Kier molecular flexibility index (Phi) is 6.05. The fourth-order valence-electron chi connectivity index (χ4n) is 2.94. The van der Waals surface area contributed by atoms with Gasteiger partial charge in [0.2, 0.25) is 0 Å². The second-order valence-electron chi connectivity index (χ2n) is 5.50. The van der Waals surface area contributed by atoms with Gasteiger partial charge in [-0.25, -0.2) is 0 Å². The van der Waals surface area contributed by atoms with Gasteiger partial charge in [-0.15, -0.1) is 0 Å². The Morgan fingerprint density at radius 1 is 1.30 bits per heavy atom. The number of benzene rings is 1. The fraction of sp³-hybridized carbons (Fsp3) is 0.562. The zero-order chi connectivity index (χ0) is 14.4. The molecule has 1 fully saturated rings. The topological polar surface area (TPSA) is 40.5 Å². The largest absolute Gasteiger partial charge is 0.481 e. The number of carboxylic acids is 1. The average molecular weight is 340 g/mol. The van der Waals surface area contributed by atoms with Gasteiger partial charge in [0.05, 0.1) is 0 Å². The molecular weight excluding hydrogens is 318 g/mol. The number of hydrogen-bond acceptors (Lipinski definition) is 2. The first kappa shape index (κ1) is 15.5. The van der Waals surface area contributed by atoms with E-state index in [1.807, 2.05) is 6.07 Å². The van der Waals surface area contributed by atoms with Crippen LogP contribution in [0.25, 0.3) is 0 Å². The molecule has 4 heteroatoms. The second-order valence-corrected chi connectivity index (χ2v) is 6.35. The Hall–Kier alpha value is -0.870. The molecule has 0 aliphatic heterocycles. The van der Waals surface area contributed by atoms with Crippen molar-refractivity contribution in [3.63, 3.8) is 0 Å². The van der Waals surface area contributed by atoms with Crippen LogP contribution in [0.3, 0.4) is 0 Å². The van der Waals surface area contributed by atoms with E-state index in [-0.39, 0.29) is 6.42 Å². The van der Waals surface area contributed by atoms with E-state index in [1.54, 1.807) is 0 Å². The lowest BCUT2D eigenvalue weighted by Crippen LogP contribution is -2.34. The Balaban J connectivity index is 1.98. The molecule has 1 N–H and O–H groups in total. The van der Waals surface area contributed by atoms with Crippen LogP contribution >= 0.6 is 15.9 Å². The minimum atomic E-state index is -0.697. The zero-order valence-electron chi connectivity index (χ0n) is 11.7. The lowest BCUT2D eigenvalue weighted by Gasteiger charge is -2.29. The summed E-state index contributed by atoms with van der Waals surface area (Å²) in [7, 11) is 0. The maximum Gasteiger partial charge on any atom is 0.303 e. The Labute approximate surface area is 129 Å². The lowest BCUT2D eigenvalue weighted by atomic mass is 10.1. The number of nitrogens with zero attached hydrogens (tertiary/aromatic N) is 1. The molecule has 0 amide bonds. The SMILES string of the molecule is O=C(O)CCCN(Cc1ccccc1Br)C1CCCC1. The van der Waals surface area contributed by atoms with E-state index in [1.165, 1.54) is 31.2 Å². The van der Waals surface area contributed by atoms with Crippen molar-refractivity contribution in [1.29, 1.82) is 0 Å². The van der Waals surface area contributed by atoms with Crippen LogP contribution in [-0.4, -0.2) is 28.6 Å². The first-order chi connectivity index (χ1) is 9.66. The molecule has 110 valence electrons. The van der Waals surface area contributed by atoms with Crippen LogP contribution in [0.4, 0.5) is 0 Å². The molecule has 3 nitrogen and oxygen atoms in total. The highest BCUT2D eigenvalue weighted by Crippen LogP contribution is 2.27. The predicted molar refractivity (Wildman–Crippen MR) is 83.7 cm³/mol. The summed E-state index contributed by atoms with van der Waals surface area (Å²) in [5.41, 5.74) is 1.29. The van der Waals surface area contributed by atoms with Crippen LogP contribution in [0.5, 0.6) is 0 Å². The van der Waals surface area contributed by atoms with E-state index in [4.69, 9.17) is 5.11 Å². The van der Waals surface area contributed by atoms with Crippen molar-refractivity contribution in [1.82, 2.24) is 4.90 Å². The summed E-state index contributed by atoms with van der Waals surface area (Å²) in [6.45, 7) is 1.78. The highest BCUT2D eigenvalue weighted by molar-refractivity contribution is 9.10. The Morgan fingerprint density at radius 3 is 2.65 bits per heavy atom. The molecule has 1 aromatic rings. The molecule has 0 radical (unpaired) electrons. The van der Waals surface area contributed by atoms with Crippen molar-refractivity contribution in [2.24, 2.45) is 0 Å². The summed E-state index contributed by atoms with van der Waals surface area (Å²) < 4.78 is 1.14. The summed E-state index contributed by atoms with van der Waals surface area (Å²) in [6, 6.07) is 8.92. The Bertz CT molecular complexity index is 444. The van der Waals surface area contributed by atoms with Gasteiger partial charge >= 0.3 is 5.97 Å². The monoisotopic (exact) mass is 339 g/mol. The molecule has 1 aromatic carbocycles. The minimum Gasteiger partial charge on any atom is -0.481 e. The summed E-state index contributed by atoms with van der Waals surface area (Å²) in [5, 5.41) is 8.80. The zero-order valence-corrected chi connectivity index (χ0v) is 13.3. The van der Waals surface area contributed by atoms with E-state index >= 15 is 0 Å². The third-order valence-electron chi connectivity index (χ3n) is 4.01. The molecular formula is C16H22BrNO2. The number of carboxylic acid groups (broad SMARTS) is 1. The molecule has 20 heavy (non-hydrogen) atoms. The maximum absolute atomic E-state index is 10.7. The smallest absolute Gasteiger partial charge is 0.303 e. The van der Waals surface area contributed by atoms with Crippen LogP contribution in [0.1, 0.15) is 44.1 Å². The van der Waals surface area contributed by atoms with Crippen LogP contribution in [-0.2, 0) is 11.3 Å². The molecule has 2 rings (SSSR count).